The quantitative estimate of drug-likeness (QED) is 0.789. The lowest BCUT2D eigenvalue weighted by molar-refractivity contribution is 0.507. The molecular weight excluding hydrogens is 409 g/mol. The summed E-state index contributed by atoms with van der Waals surface area (Å²) in [5, 5.41) is 9.37. The third-order valence-electron chi connectivity index (χ3n) is 4.78. The van der Waals surface area contributed by atoms with Crippen molar-refractivity contribution in [3.8, 4) is 16.5 Å². The van der Waals surface area contributed by atoms with Gasteiger partial charge in [0.1, 0.15) is 28.0 Å². The molecule has 27 heavy (non-hydrogen) atoms. The monoisotopic (exact) mass is 425 g/mol. The molecule has 0 bridgehead atoms. The molecule has 0 fully saturated rings. The Morgan fingerprint density at radius 1 is 1.33 bits per heavy atom. The lowest BCUT2D eigenvalue weighted by Crippen LogP contribution is -2.54. The largest absolute Gasteiger partial charge is 0.386 e. The van der Waals surface area contributed by atoms with Gasteiger partial charge >= 0.3 is 0 Å². The van der Waals surface area contributed by atoms with Crippen LogP contribution in [-0.2, 0) is 15.4 Å². The van der Waals surface area contributed by atoms with Crippen LogP contribution in [0.15, 0.2) is 29.3 Å². The molecule has 3 rings (SSSR count). The molecule has 5 nitrogen and oxygen atoms in total. The maximum atomic E-state index is 13.6. The van der Waals surface area contributed by atoms with Crippen molar-refractivity contribution < 1.29 is 12.8 Å². The minimum Gasteiger partial charge on any atom is -0.386 e. The number of nitrogens with zero attached hydrogens (tertiary/aromatic N) is 2. The number of benzene rings is 1. The van der Waals surface area contributed by atoms with Crippen LogP contribution in [0, 0.1) is 17.1 Å². The second kappa shape index (κ2) is 6.30. The number of nitrogens with two attached hydrogens (primary N) is 1. The normalized spacial score (nSPS) is 23.5. The highest BCUT2D eigenvalue weighted by molar-refractivity contribution is 7.93. The lowest BCUT2D eigenvalue weighted by Gasteiger charge is -2.37. The van der Waals surface area contributed by atoms with Crippen LogP contribution in [0.4, 0.5) is 4.39 Å². The van der Waals surface area contributed by atoms with Crippen molar-refractivity contribution >= 4 is 38.6 Å². The van der Waals surface area contributed by atoms with E-state index in [0.717, 1.165) is 0 Å². The van der Waals surface area contributed by atoms with E-state index >= 15 is 0 Å². The van der Waals surface area contributed by atoms with Gasteiger partial charge in [-0.05, 0) is 44.5 Å². The van der Waals surface area contributed by atoms with E-state index in [4.69, 9.17) is 22.6 Å². The third kappa shape index (κ3) is 3.14. The summed E-state index contributed by atoms with van der Waals surface area (Å²) in [6, 6.07) is 7.66. The van der Waals surface area contributed by atoms with Gasteiger partial charge in [0, 0.05) is 4.88 Å². The Hall–Kier alpha value is -1.95. The Morgan fingerprint density at radius 2 is 2.00 bits per heavy atom. The Kier molecular flexibility index (Phi) is 4.62. The molecule has 1 unspecified atom stereocenters. The van der Waals surface area contributed by atoms with Gasteiger partial charge in [0.05, 0.1) is 21.2 Å². The van der Waals surface area contributed by atoms with Crippen LogP contribution < -0.4 is 5.73 Å². The van der Waals surface area contributed by atoms with Crippen LogP contribution >= 0.6 is 22.9 Å². The number of rotatable bonds is 2. The van der Waals surface area contributed by atoms with Crippen LogP contribution in [0.3, 0.4) is 0 Å². The van der Waals surface area contributed by atoms with Gasteiger partial charge in [0.15, 0.2) is 9.84 Å². The number of aliphatic imine (C=N–C) groups is 1. The second-order valence-corrected chi connectivity index (χ2v) is 11.1. The number of halogens is 2. The van der Waals surface area contributed by atoms with Crippen molar-refractivity contribution in [1.82, 2.24) is 0 Å². The molecule has 2 heterocycles. The minimum atomic E-state index is -3.55. The fourth-order valence-electron chi connectivity index (χ4n) is 2.90. The first kappa shape index (κ1) is 19.8. The Morgan fingerprint density at radius 3 is 2.59 bits per heavy atom. The van der Waals surface area contributed by atoms with Crippen LogP contribution in [-0.4, -0.2) is 24.8 Å². The molecule has 0 saturated carbocycles. The smallest absolute Gasteiger partial charge is 0.165 e. The van der Waals surface area contributed by atoms with Gasteiger partial charge in [-0.2, -0.15) is 5.26 Å². The van der Waals surface area contributed by atoms with Crippen LogP contribution in [0.2, 0.25) is 5.02 Å². The fourth-order valence-corrected chi connectivity index (χ4v) is 6.30. The van der Waals surface area contributed by atoms with Crippen LogP contribution in [0.1, 0.15) is 31.2 Å². The highest BCUT2D eigenvalue weighted by Crippen LogP contribution is 2.45. The summed E-state index contributed by atoms with van der Waals surface area (Å²) >= 11 is 7.66. The van der Waals surface area contributed by atoms with Gasteiger partial charge in [0.25, 0.3) is 0 Å². The predicted octanol–water partition coefficient (Wildman–Crippen LogP) is 3.86. The van der Waals surface area contributed by atoms with Gasteiger partial charge in [-0.25, -0.2) is 12.8 Å². The van der Waals surface area contributed by atoms with Crippen molar-refractivity contribution in [1.29, 1.82) is 5.26 Å². The third-order valence-corrected chi connectivity index (χ3v) is 9.33. The van der Waals surface area contributed by atoms with Gasteiger partial charge in [-0.3, -0.25) is 4.99 Å². The molecule has 1 aliphatic heterocycles. The topological polar surface area (TPSA) is 96.3 Å². The molecule has 2 aromatic rings. The van der Waals surface area contributed by atoms with Gasteiger partial charge in [0.2, 0.25) is 0 Å². The summed E-state index contributed by atoms with van der Waals surface area (Å²) in [4.78, 5) is 5.72. The number of nitriles is 1. The molecule has 1 aromatic heterocycles. The average molecular weight is 426 g/mol. The molecule has 0 saturated heterocycles. The zero-order chi connectivity index (χ0) is 20.2. The average Bonchev–Trinajstić information content (AvgIpc) is 2.96. The molecule has 1 aromatic carbocycles. The van der Waals surface area contributed by atoms with E-state index < -0.39 is 25.9 Å². The molecule has 0 spiro atoms. The van der Waals surface area contributed by atoms with Gasteiger partial charge < -0.3 is 5.73 Å². The summed E-state index contributed by atoms with van der Waals surface area (Å²) in [6.45, 7) is 4.74. The van der Waals surface area contributed by atoms with E-state index in [9.17, 15) is 12.8 Å². The highest BCUT2D eigenvalue weighted by Gasteiger charge is 2.49. The summed E-state index contributed by atoms with van der Waals surface area (Å²) < 4.78 is 37.8. The molecule has 142 valence electrons. The summed E-state index contributed by atoms with van der Waals surface area (Å²) in [7, 11) is -3.55. The molecule has 0 radical (unpaired) electrons. The maximum absolute atomic E-state index is 13.6. The molecule has 2 N–H and O–H groups in total. The first-order valence-corrected chi connectivity index (χ1v) is 10.8. The molecular formula is C18H17ClFN3O2S2. The number of hydrogen-bond acceptors (Lipinski definition) is 6. The number of sulfone groups is 1. The van der Waals surface area contributed by atoms with Crippen molar-refractivity contribution in [3.05, 3.63) is 45.5 Å². The number of amidine groups is 1. The van der Waals surface area contributed by atoms with E-state index in [1.807, 2.05) is 0 Å². The van der Waals surface area contributed by atoms with E-state index in [1.165, 1.54) is 37.3 Å². The zero-order valence-electron chi connectivity index (χ0n) is 14.9. The van der Waals surface area contributed by atoms with E-state index in [0.29, 0.717) is 20.3 Å². The fraction of sp³-hybridized carbons (Fsp3) is 0.333. The Labute approximate surface area is 166 Å². The van der Waals surface area contributed by atoms with Crippen molar-refractivity contribution in [2.75, 3.05) is 5.75 Å². The summed E-state index contributed by atoms with van der Waals surface area (Å²) in [6.07, 6.45) is 0. The Bertz CT molecular complexity index is 1120. The SMILES string of the molecule is CC1(c2sc(-c3ccc(F)c(C#N)c3)cc2Cl)CS(=O)(=O)C(C)(C)C(N)=N1. The molecule has 0 amide bonds. The summed E-state index contributed by atoms with van der Waals surface area (Å²) in [5.74, 6) is -0.787. The zero-order valence-corrected chi connectivity index (χ0v) is 17.3. The van der Waals surface area contributed by atoms with Crippen molar-refractivity contribution in [2.45, 2.75) is 31.1 Å². The van der Waals surface area contributed by atoms with E-state index in [-0.39, 0.29) is 17.2 Å². The van der Waals surface area contributed by atoms with Crippen molar-refractivity contribution in [3.63, 3.8) is 0 Å². The molecule has 0 aliphatic carbocycles. The van der Waals surface area contributed by atoms with Gasteiger partial charge in [-0.15, -0.1) is 11.3 Å². The van der Waals surface area contributed by atoms with E-state index in [1.54, 1.807) is 25.1 Å². The van der Waals surface area contributed by atoms with Gasteiger partial charge in [-0.1, -0.05) is 17.7 Å². The lowest BCUT2D eigenvalue weighted by atomic mass is 10.0. The van der Waals surface area contributed by atoms with Crippen molar-refractivity contribution in [2.24, 2.45) is 10.7 Å². The first-order chi connectivity index (χ1) is 12.4. The highest BCUT2D eigenvalue weighted by atomic mass is 35.5. The standard InChI is InChI=1S/C18H17ClFN3O2S2/c1-17(2)16(22)23-18(3,9-27(17,24)25)15-12(19)7-14(26-15)10-4-5-13(20)11(6-10)8-21/h4-7H,9H2,1-3H3,(H2,22,23). The Balaban J connectivity index is 2.13. The molecule has 9 heteroatoms. The molecule has 1 atom stereocenters. The summed E-state index contributed by atoms with van der Waals surface area (Å²) in [5.41, 5.74) is 5.41. The predicted molar refractivity (Wildman–Crippen MR) is 106 cm³/mol. The van der Waals surface area contributed by atoms with E-state index in [2.05, 4.69) is 4.99 Å². The minimum absolute atomic E-state index is 0.0378. The first-order valence-electron chi connectivity index (χ1n) is 7.99. The second-order valence-electron chi connectivity index (χ2n) is 7.13. The maximum Gasteiger partial charge on any atom is 0.165 e. The number of hydrogen-bond donors (Lipinski definition) is 1. The number of thiophene rings is 1. The molecule has 1 aliphatic rings. The van der Waals surface area contributed by atoms with Crippen LogP contribution in [0.5, 0.6) is 0 Å². The van der Waals surface area contributed by atoms with Crippen LogP contribution in [0.25, 0.3) is 10.4 Å².